The van der Waals surface area contributed by atoms with Gasteiger partial charge in [0.2, 0.25) is 0 Å². The van der Waals surface area contributed by atoms with E-state index < -0.39 is 6.10 Å². The van der Waals surface area contributed by atoms with Gasteiger partial charge in [-0.3, -0.25) is 4.79 Å². The van der Waals surface area contributed by atoms with Gasteiger partial charge < -0.3 is 19.7 Å². The lowest BCUT2D eigenvalue weighted by molar-refractivity contribution is -0.128. The third kappa shape index (κ3) is 6.15. The van der Waals surface area contributed by atoms with E-state index in [1.54, 1.807) is 18.7 Å². The number of nitrogens with one attached hydrogen (secondary N) is 1. The van der Waals surface area contributed by atoms with Crippen molar-refractivity contribution in [1.29, 1.82) is 0 Å². The lowest BCUT2D eigenvalue weighted by atomic mass is 9.87. The molecule has 0 bridgehead atoms. The van der Waals surface area contributed by atoms with Gasteiger partial charge in [-0.2, -0.15) is 0 Å². The van der Waals surface area contributed by atoms with E-state index in [4.69, 9.17) is 9.47 Å². The molecule has 2 rings (SSSR count). The maximum absolute atomic E-state index is 12.4. The number of carbonyl (C=O) groups excluding carboxylic acids is 2. The highest BCUT2D eigenvalue weighted by Crippen LogP contribution is 2.24. The lowest BCUT2D eigenvalue weighted by Gasteiger charge is -2.32. The highest BCUT2D eigenvalue weighted by Gasteiger charge is 2.26. The Kier molecular flexibility index (Phi) is 7.11. The molecule has 150 valence electrons. The molecule has 0 spiro atoms. The molecule has 6 nitrogen and oxygen atoms in total. The summed E-state index contributed by atoms with van der Waals surface area (Å²) in [6.07, 6.45) is 0.584. The van der Waals surface area contributed by atoms with Gasteiger partial charge in [0.25, 0.3) is 5.91 Å². The highest BCUT2D eigenvalue weighted by molar-refractivity contribution is 5.81. The average Bonchev–Trinajstić information content (AvgIpc) is 2.62. The number of nitrogens with zero attached hydrogens (tertiary/aromatic N) is 1. The molecule has 0 aromatic heterocycles. The predicted molar refractivity (Wildman–Crippen MR) is 105 cm³/mol. The van der Waals surface area contributed by atoms with Gasteiger partial charge in [-0.15, -0.1) is 0 Å². The quantitative estimate of drug-likeness (QED) is 0.854. The summed E-state index contributed by atoms with van der Waals surface area (Å²) >= 11 is 0. The van der Waals surface area contributed by atoms with Crippen LogP contribution in [0.4, 0.5) is 4.79 Å². The van der Waals surface area contributed by atoms with Crippen molar-refractivity contribution in [1.82, 2.24) is 10.2 Å². The monoisotopic (exact) mass is 376 g/mol. The van der Waals surface area contributed by atoms with Gasteiger partial charge in [-0.25, -0.2) is 4.79 Å². The number of hydrogen-bond acceptors (Lipinski definition) is 4. The maximum atomic E-state index is 12.4. The smallest absolute Gasteiger partial charge is 0.409 e. The largest absolute Gasteiger partial charge is 0.481 e. The second-order valence-corrected chi connectivity index (χ2v) is 8.00. The van der Waals surface area contributed by atoms with E-state index in [1.165, 1.54) is 5.56 Å². The first-order valence-corrected chi connectivity index (χ1v) is 9.70. The standard InChI is InChI=1S/C21H32N2O4/c1-6-26-20(25)23-13-11-17(12-14-23)22-19(24)15(2)27-18-9-7-16(8-10-18)21(3,4)5/h7-10,15,17H,6,11-14H2,1-5H3,(H,22,24). The predicted octanol–water partition coefficient (Wildman–Crippen LogP) is 3.49. The molecule has 1 aromatic carbocycles. The van der Waals surface area contributed by atoms with Crippen LogP contribution in [0.2, 0.25) is 0 Å². The topological polar surface area (TPSA) is 67.9 Å². The van der Waals surface area contributed by atoms with Crippen molar-refractivity contribution in [3.63, 3.8) is 0 Å². The number of likely N-dealkylation sites (tertiary alicyclic amines) is 1. The molecule has 27 heavy (non-hydrogen) atoms. The van der Waals surface area contributed by atoms with Crippen LogP contribution >= 0.6 is 0 Å². The van der Waals surface area contributed by atoms with E-state index >= 15 is 0 Å². The van der Waals surface area contributed by atoms with E-state index in [-0.39, 0.29) is 23.5 Å². The van der Waals surface area contributed by atoms with Gasteiger partial charge >= 0.3 is 6.09 Å². The first-order chi connectivity index (χ1) is 12.7. The number of amides is 2. The first-order valence-electron chi connectivity index (χ1n) is 9.70. The van der Waals surface area contributed by atoms with Crippen LogP contribution in [0.1, 0.15) is 53.0 Å². The van der Waals surface area contributed by atoms with Crippen molar-refractivity contribution in [3.8, 4) is 5.75 Å². The number of hydrogen-bond donors (Lipinski definition) is 1. The number of benzene rings is 1. The van der Waals surface area contributed by atoms with Gasteiger partial charge in [0.05, 0.1) is 6.61 Å². The Bertz CT molecular complexity index is 629. The van der Waals surface area contributed by atoms with Crippen LogP contribution in [0.3, 0.4) is 0 Å². The molecule has 0 radical (unpaired) electrons. The zero-order valence-corrected chi connectivity index (χ0v) is 17.1. The van der Waals surface area contributed by atoms with Gasteiger partial charge in [0.15, 0.2) is 6.10 Å². The highest BCUT2D eigenvalue weighted by atomic mass is 16.6. The molecule has 2 amide bonds. The zero-order chi connectivity index (χ0) is 20.0. The van der Waals surface area contributed by atoms with Crippen molar-refractivity contribution in [2.24, 2.45) is 0 Å². The van der Waals surface area contributed by atoms with E-state index in [0.717, 1.165) is 12.8 Å². The molecule has 1 heterocycles. The lowest BCUT2D eigenvalue weighted by Crippen LogP contribution is -2.49. The summed E-state index contributed by atoms with van der Waals surface area (Å²) in [4.78, 5) is 25.8. The van der Waals surface area contributed by atoms with Crippen molar-refractivity contribution < 1.29 is 19.1 Å². The van der Waals surface area contributed by atoms with Crippen molar-refractivity contribution in [2.45, 2.75) is 65.0 Å². The molecule has 1 saturated heterocycles. The minimum Gasteiger partial charge on any atom is -0.481 e. The Balaban J connectivity index is 1.80. The third-order valence-electron chi connectivity index (χ3n) is 4.77. The summed E-state index contributed by atoms with van der Waals surface area (Å²) in [5.41, 5.74) is 1.31. The van der Waals surface area contributed by atoms with Crippen LogP contribution in [-0.2, 0) is 14.9 Å². The summed E-state index contributed by atoms with van der Waals surface area (Å²) in [6, 6.07) is 7.93. The fourth-order valence-corrected chi connectivity index (χ4v) is 3.03. The molecule has 1 aliphatic rings. The van der Waals surface area contributed by atoms with Crippen LogP contribution in [-0.4, -0.2) is 48.7 Å². The number of ether oxygens (including phenoxy) is 2. The molecule has 1 unspecified atom stereocenters. The van der Waals surface area contributed by atoms with Crippen LogP contribution in [0.5, 0.6) is 5.75 Å². The number of carbonyl (C=O) groups is 2. The second-order valence-electron chi connectivity index (χ2n) is 8.00. The maximum Gasteiger partial charge on any atom is 0.409 e. The summed E-state index contributed by atoms with van der Waals surface area (Å²) < 4.78 is 10.8. The van der Waals surface area contributed by atoms with Crippen molar-refractivity contribution >= 4 is 12.0 Å². The van der Waals surface area contributed by atoms with E-state index in [2.05, 4.69) is 26.1 Å². The van der Waals surface area contributed by atoms with Crippen LogP contribution in [0.25, 0.3) is 0 Å². The molecule has 1 fully saturated rings. The Hall–Kier alpha value is -2.24. The summed E-state index contributed by atoms with van der Waals surface area (Å²) in [6.45, 7) is 11.6. The third-order valence-corrected chi connectivity index (χ3v) is 4.77. The summed E-state index contributed by atoms with van der Waals surface area (Å²) in [5, 5.41) is 3.02. The zero-order valence-electron chi connectivity index (χ0n) is 17.1. The molecular formula is C21H32N2O4. The average molecular weight is 376 g/mol. The van der Waals surface area contributed by atoms with E-state index in [0.29, 0.717) is 25.4 Å². The summed E-state index contributed by atoms with van der Waals surface area (Å²) in [5.74, 6) is 0.548. The minimum absolute atomic E-state index is 0.0532. The fourth-order valence-electron chi connectivity index (χ4n) is 3.03. The molecule has 6 heteroatoms. The van der Waals surface area contributed by atoms with E-state index in [9.17, 15) is 9.59 Å². The normalized spacial score (nSPS) is 16.6. The molecule has 0 saturated carbocycles. The van der Waals surface area contributed by atoms with Crippen LogP contribution in [0.15, 0.2) is 24.3 Å². The molecule has 1 atom stereocenters. The number of rotatable bonds is 5. The molecule has 0 aliphatic carbocycles. The van der Waals surface area contributed by atoms with Crippen molar-refractivity contribution in [2.75, 3.05) is 19.7 Å². The fraction of sp³-hybridized carbons (Fsp3) is 0.619. The van der Waals surface area contributed by atoms with Crippen LogP contribution < -0.4 is 10.1 Å². The van der Waals surface area contributed by atoms with Gasteiger partial charge in [-0.05, 0) is 49.8 Å². The first kappa shape index (κ1) is 21.1. The minimum atomic E-state index is -0.575. The van der Waals surface area contributed by atoms with Gasteiger partial charge in [0, 0.05) is 19.1 Å². The van der Waals surface area contributed by atoms with Crippen molar-refractivity contribution in [3.05, 3.63) is 29.8 Å². The van der Waals surface area contributed by atoms with Gasteiger partial charge in [0.1, 0.15) is 5.75 Å². The Morgan fingerprint density at radius 1 is 1.19 bits per heavy atom. The number of piperidine rings is 1. The molecular weight excluding hydrogens is 344 g/mol. The Morgan fingerprint density at radius 2 is 1.78 bits per heavy atom. The van der Waals surface area contributed by atoms with Crippen LogP contribution in [0, 0.1) is 0 Å². The molecule has 1 aliphatic heterocycles. The molecule has 1 aromatic rings. The summed E-state index contributed by atoms with van der Waals surface area (Å²) in [7, 11) is 0. The Morgan fingerprint density at radius 3 is 2.30 bits per heavy atom. The Labute approximate surface area is 162 Å². The molecule has 1 N–H and O–H groups in total. The van der Waals surface area contributed by atoms with Gasteiger partial charge in [-0.1, -0.05) is 32.9 Å². The van der Waals surface area contributed by atoms with E-state index in [1.807, 2.05) is 24.3 Å². The SMILES string of the molecule is CCOC(=O)N1CCC(NC(=O)C(C)Oc2ccc(C(C)(C)C)cc2)CC1. The second kappa shape index (κ2) is 9.11.